The number of hydrogen-bond donors (Lipinski definition) is 0. The van der Waals surface area contributed by atoms with Crippen LogP contribution in [0.15, 0.2) is 5.38 Å². The molecule has 1 aromatic rings. The van der Waals surface area contributed by atoms with Crippen LogP contribution in [0.5, 0.6) is 0 Å². The fourth-order valence-corrected chi connectivity index (χ4v) is 2.58. The molecule has 0 spiro atoms. The predicted molar refractivity (Wildman–Crippen MR) is 71.3 cm³/mol. The first kappa shape index (κ1) is 14.5. The maximum absolute atomic E-state index is 14.2. The van der Waals surface area contributed by atoms with Gasteiger partial charge in [-0.25, -0.2) is 9.18 Å². The molecule has 0 radical (unpaired) electrons. The van der Waals surface area contributed by atoms with Crippen LogP contribution in [0, 0.1) is 5.82 Å². The van der Waals surface area contributed by atoms with E-state index in [2.05, 4.69) is 4.74 Å². The molecule has 0 N–H and O–H groups in total. The molecule has 2 rings (SSSR count). The second-order valence-electron chi connectivity index (χ2n) is 5.41. The van der Waals surface area contributed by atoms with Gasteiger partial charge in [-0.1, -0.05) is 0 Å². The molecule has 0 bridgehead atoms. The average Bonchev–Trinajstić information content (AvgIpc) is 2.77. The van der Waals surface area contributed by atoms with Crippen LogP contribution in [0.1, 0.15) is 38.1 Å². The van der Waals surface area contributed by atoms with E-state index < -0.39 is 30.1 Å². The van der Waals surface area contributed by atoms with Crippen molar-refractivity contribution in [2.45, 2.75) is 38.9 Å². The van der Waals surface area contributed by atoms with Crippen molar-refractivity contribution in [2.75, 3.05) is 7.11 Å². The van der Waals surface area contributed by atoms with E-state index in [0.717, 1.165) is 11.3 Å². The van der Waals surface area contributed by atoms with E-state index in [1.807, 2.05) is 27.7 Å². The summed E-state index contributed by atoms with van der Waals surface area (Å²) in [6, 6.07) is 0. The number of carbonyl (C=O) groups excluding carboxylic acids is 1. The highest BCUT2D eigenvalue weighted by molar-refractivity contribution is 7.21. The minimum Gasteiger partial charge on any atom is -0.465 e. The molecule has 1 aliphatic rings. The summed E-state index contributed by atoms with van der Waals surface area (Å²) in [5.41, 5.74) is -1.17. The number of thiophene rings is 1. The lowest BCUT2D eigenvalue weighted by Gasteiger charge is -2.32. The monoisotopic (exact) mass is 286 g/mol. The van der Waals surface area contributed by atoms with Crippen LogP contribution in [0.2, 0.25) is 0 Å². The highest BCUT2D eigenvalue weighted by Crippen LogP contribution is 2.37. The van der Waals surface area contributed by atoms with Crippen molar-refractivity contribution in [3.63, 3.8) is 0 Å². The Morgan fingerprint density at radius 2 is 1.84 bits per heavy atom. The average molecular weight is 286 g/mol. The topological polar surface area (TPSA) is 44.8 Å². The molecule has 1 fully saturated rings. The summed E-state index contributed by atoms with van der Waals surface area (Å²) in [6.45, 7) is 7.55. The summed E-state index contributed by atoms with van der Waals surface area (Å²) in [4.78, 5) is 11.4. The van der Waals surface area contributed by atoms with Crippen molar-refractivity contribution in [3.05, 3.63) is 16.8 Å². The van der Waals surface area contributed by atoms with Crippen LogP contribution < -0.4 is 4.78 Å². The maximum Gasteiger partial charge on any atom is 0.508 e. The number of esters is 1. The molecule has 104 valence electrons. The highest BCUT2D eigenvalue weighted by atomic mass is 32.1. The van der Waals surface area contributed by atoms with Crippen molar-refractivity contribution < 1.29 is 23.2 Å². The molecule has 4 nitrogen and oxygen atoms in total. The molecule has 2 heterocycles. The SMILES string of the molecule is COC(=O)c1csc(B2OC(C)(C)C(C)(C)O2)c1F. The maximum atomic E-state index is 14.2. The molecule has 0 aliphatic carbocycles. The lowest BCUT2D eigenvalue weighted by molar-refractivity contribution is 0.00578. The number of hydrogen-bond acceptors (Lipinski definition) is 5. The molecule has 0 atom stereocenters. The van der Waals surface area contributed by atoms with Crippen molar-refractivity contribution in [1.82, 2.24) is 0 Å². The summed E-state index contributed by atoms with van der Waals surface area (Å²) >= 11 is 1.09. The van der Waals surface area contributed by atoms with Gasteiger partial charge in [-0.3, -0.25) is 0 Å². The van der Waals surface area contributed by atoms with E-state index in [-0.39, 0.29) is 10.3 Å². The van der Waals surface area contributed by atoms with Crippen molar-refractivity contribution in [1.29, 1.82) is 0 Å². The largest absolute Gasteiger partial charge is 0.508 e. The first-order chi connectivity index (χ1) is 8.69. The van der Waals surface area contributed by atoms with Gasteiger partial charge in [0.15, 0.2) is 0 Å². The number of rotatable bonds is 2. The van der Waals surface area contributed by atoms with Crippen molar-refractivity contribution >= 4 is 29.2 Å². The number of methoxy groups -OCH3 is 1. The van der Waals surface area contributed by atoms with Gasteiger partial charge in [0.25, 0.3) is 0 Å². The molecule has 0 saturated carbocycles. The van der Waals surface area contributed by atoms with Gasteiger partial charge >= 0.3 is 13.1 Å². The summed E-state index contributed by atoms with van der Waals surface area (Å²) in [5, 5.41) is 1.42. The third-order valence-electron chi connectivity index (χ3n) is 3.63. The zero-order valence-corrected chi connectivity index (χ0v) is 12.4. The quantitative estimate of drug-likeness (QED) is 0.616. The third kappa shape index (κ3) is 2.30. The van der Waals surface area contributed by atoms with Crippen LogP contribution in [0.25, 0.3) is 0 Å². The van der Waals surface area contributed by atoms with E-state index in [1.165, 1.54) is 12.5 Å². The van der Waals surface area contributed by atoms with Crippen LogP contribution in [0.4, 0.5) is 4.39 Å². The number of ether oxygens (including phenoxy) is 1. The van der Waals surface area contributed by atoms with Crippen molar-refractivity contribution in [2.24, 2.45) is 0 Å². The first-order valence-electron chi connectivity index (χ1n) is 5.90. The highest BCUT2D eigenvalue weighted by Gasteiger charge is 2.53. The van der Waals surface area contributed by atoms with Gasteiger partial charge in [-0.15, -0.1) is 11.3 Å². The van der Waals surface area contributed by atoms with Crippen LogP contribution in [-0.2, 0) is 14.0 Å². The summed E-state index contributed by atoms with van der Waals surface area (Å²) in [7, 11) is 0.418. The molecular weight excluding hydrogens is 270 g/mol. The fraction of sp³-hybridized carbons (Fsp3) is 0.583. The Kier molecular flexibility index (Phi) is 3.49. The third-order valence-corrected chi connectivity index (χ3v) is 4.61. The molecule has 7 heteroatoms. The molecule has 19 heavy (non-hydrogen) atoms. The first-order valence-corrected chi connectivity index (χ1v) is 6.78. The second kappa shape index (κ2) is 4.57. The standard InChI is InChI=1S/C12H16BFO4S/c1-11(2)12(3,4)18-13(17-11)9-8(14)7(6-19-9)10(15)16-5/h6H,1-5H3. The summed E-state index contributed by atoms with van der Waals surface area (Å²) < 4.78 is 30.5. The van der Waals surface area contributed by atoms with Crippen LogP contribution in [0.3, 0.4) is 0 Å². The molecule has 1 saturated heterocycles. The zero-order valence-electron chi connectivity index (χ0n) is 11.6. The van der Waals surface area contributed by atoms with Crippen molar-refractivity contribution in [3.8, 4) is 0 Å². The predicted octanol–water partition coefficient (Wildman–Crippen LogP) is 1.97. The van der Waals surface area contributed by atoms with E-state index in [4.69, 9.17) is 9.31 Å². The van der Waals surface area contributed by atoms with E-state index in [0.29, 0.717) is 0 Å². The minimum absolute atomic E-state index is 0.0859. The minimum atomic E-state index is -0.798. The van der Waals surface area contributed by atoms with E-state index >= 15 is 0 Å². The summed E-state index contributed by atoms with van der Waals surface area (Å²) in [5.74, 6) is -1.33. The molecular formula is C12H16BFO4S. The Labute approximate surface area is 116 Å². The molecule has 0 amide bonds. The van der Waals surface area contributed by atoms with Crippen LogP contribution in [-0.4, -0.2) is 31.4 Å². The number of carbonyl (C=O) groups is 1. The lowest BCUT2D eigenvalue weighted by atomic mass is 9.87. The van der Waals surface area contributed by atoms with E-state index in [9.17, 15) is 9.18 Å². The zero-order chi connectivity index (χ0) is 14.4. The molecule has 1 aromatic heterocycles. The van der Waals surface area contributed by atoms with E-state index in [1.54, 1.807) is 0 Å². The van der Waals surface area contributed by atoms with Gasteiger partial charge in [0, 0.05) is 5.38 Å². The Balaban J connectivity index is 2.31. The van der Waals surface area contributed by atoms with Gasteiger partial charge in [-0.05, 0) is 27.7 Å². The molecule has 0 unspecified atom stereocenters. The van der Waals surface area contributed by atoms with Gasteiger partial charge in [0.1, 0.15) is 11.4 Å². The second-order valence-corrected chi connectivity index (χ2v) is 6.32. The molecule has 0 aromatic carbocycles. The Morgan fingerprint density at radius 3 is 2.32 bits per heavy atom. The Bertz CT molecular complexity index is 496. The lowest BCUT2D eigenvalue weighted by Crippen LogP contribution is -2.41. The smallest absolute Gasteiger partial charge is 0.465 e. The molecule has 1 aliphatic heterocycles. The summed E-state index contributed by atoms with van der Waals surface area (Å²) in [6.07, 6.45) is 0. The Morgan fingerprint density at radius 1 is 1.32 bits per heavy atom. The fourth-order valence-electron chi connectivity index (χ4n) is 1.72. The number of halogens is 1. The normalized spacial score (nSPS) is 20.6. The Hall–Kier alpha value is -0.915. The van der Waals surface area contributed by atoms with Gasteiger partial charge in [-0.2, -0.15) is 0 Å². The van der Waals surface area contributed by atoms with Gasteiger partial charge in [0.2, 0.25) is 0 Å². The van der Waals surface area contributed by atoms with Gasteiger partial charge in [0.05, 0.1) is 23.1 Å². The van der Waals surface area contributed by atoms with Gasteiger partial charge < -0.3 is 14.0 Å². The van der Waals surface area contributed by atoms with Crippen LogP contribution >= 0.6 is 11.3 Å².